The molecule has 0 heterocycles. The third kappa shape index (κ3) is 4.64. The Bertz CT molecular complexity index is 742. The fourth-order valence-corrected chi connectivity index (χ4v) is 2.55. The van der Waals surface area contributed by atoms with Crippen LogP contribution in [0.2, 0.25) is 0 Å². The van der Waals surface area contributed by atoms with E-state index in [0.29, 0.717) is 34.5 Å². The van der Waals surface area contributed by atoms with E-state index in [1.807, 2.05) is 0 Å². The van der Waals surface area contributed by atoms with Gasteiger partial charge >= 0.3 is 0 Å². The van der Waals surface area contributed by atoms with E-state index in [1.54, 1.807) is 79.4 Å². The number of hydrogen-bond acceptors (Lipinski definition) is 8. The normalized spacial score (nSPS) is 10.9. The molecule has 0 saturated carbocycles. The van der Waals surface area contributed by atoms with Crippen molar-refractivity contribution in [3.63, 3.8) is 0 Å². The van der Waals surface area contributed by atoms with Crippen molar-refractivity contribution in [1.29, 1.82) is 0 Å². The van der Waals surface area contributed by atoms with E-state index in [2.05, 4.69) is 10.2 Å². The van der Waals surface area contributed by atoms with Crippen molar-refractivity contribution in [3.05, 3.63) is 35.4 Å². The van der Waals surface area contributed by atoms with Crippen molar-refractivity contribution >= 4 is 12.4 Å². The number of benzene rings is 2. The lowest BCUT2D eigenvalue weighted by atomic mass is 10.2. The minimum Gasteiger partial charge on any atom is -0.493 e. The third-order valence-electron chi connectivity index (χ3n) is 3.85. The maximum Gasteiger partial charge on any atom is 0.203 e. The van der Waals surface area contributed by atoms with Crippen molar-refractivity contribution in [2.45, 2.75) is 0 Å². The molecule has 28 heavy (non-hydrogen) atoms. The zero-order valence-corrected chi connectivity index (χ0v) is 16.8. The van der Waals surface area contributed by atoms with Gasteiger partial charge in [0, 0.05) is 11.1 Å². The molecule has 0 bridgehead atoms. The molecule has 0 unspecified atom stereocenters. The summed E-state index contributed by atoms with van der Waals surface area (Å²) in [5.74, 6) is 3.19. The average Bonchev–Trinajstić information content (AvgIpc) is 2.74. The van der Waals surface area contributed by atoms with Gasteiger partial charge in [0.1, 0.15) is 0 Å². The van der Waals surface area contributed by atoms with Gasteiger partial charge in [-0.25, -0.2) is 0 Å². The molecule has 0 saturated heterocycles. The predicted molar refractivity (Wildman–Crippen MR) is 107 cm³/mol. The summed E-state index contributed by atoms with van der Waals surface area (Å²) in [5.41, 5.74) is 1.49. The van der Waals surface area contributed by atoms with Crippen LogP contribution in [-0.2, 0) is 0 Å². The summed E-state index contributed by atoms with van der Waals surface area (Å²) in [5, 5.41) is 8.15. The van der Waals surface area contributed by atoms with E-state index in [9.17, 15) is 0 Å². The van der Waals surface area contributed by atoms with E-state index < -0.39 is 0 Å². The van der Waals surface area contributed by atoms with E-state index in [4.69, 9.17) is 28.4 Å². The molecule has 0 aliphatic rings. The van der Waals surface area contributed by atoms with Gasteiger partial charge < -0.3 is 28.4 Å². The average molecular weight is 388 g/mol. The van der Waals surface area contributed by atoms with Gasteiger partial charge in [0.25, 0.3) is 0 Å². The molecule has 0 amide bonds. The Labute approximate surface area is 164 Å². The van der Waals surface area contributed by atoms with Crippen LogP contribution < -0.4 is 28.4 Å². The number of ether oxygens (including phenoxy) is 6. The van der Waals surface area contributed by atoms with Crippen molar-refractivity contribution < 1.29 is 28.4 Å². The van der Waals surface area contributed by atoms with Crippen molar-refractivity contribution in [1.82, 2.24) is 0 Å². The highest BCUT2D eigenvalue weighted by atomic mass is 16.5. The summed E-state index contributed by atoms with van der Waals surface area (Å²) >= 11 is 0. The van der Waals surface area contributed by atoms with Gasteiger partial charge in [-0.1, -0.05) is 0 Å². The summed E-state index contributed by atoms with van der Waals surface area (Å²) in [4.78, 5) is 0. The van der Waals surface area contributed by atoms with E-state index in [1.165, 1.54) is 0 Å². The van der Waals surface area contributed by atoms with E-state index >= 15 is 0 Å². The molecule has 0 fully saturated rings. The molecule has 150 valence electrons. The van der Waals surface area contributed by atoms with Crippen molar-refractivity contribution in [2.24, 2.45) is 10.2 Å². The second-order valence-electron chi connectivity index (χ2n) is 5.41. The largest absolute Gasteiger partial charge is 0.493 e. The standard InChI is InChI=1S/C20H24N2O6/c1-23-15-7-13(8-16(24-2)19(15)27-5)11-21-22-12-14-9-17(25-3)20(28-6)18(10-14)26-4/h7-12H,1-6H3/b21-11-,22-12-. The smallest absolute Gasteiger partial charge is 0.203 e. The lowest BCUT2D eigenvalue weighted by molar-refractivity contribution is 0.324. The minimum absolute atomic E-state index is 0.517. The molecule has 0 spiro atoms. The zero-order valence-electron chi connectivity index (χ0n) is 16.8. The van der Waals surface area contributed by atoms with E-state index in [0.717, 1.165) is 11.1 Å². The van der Waals surface area contributed by atoms with Gasteiger partial charge in [-0.3, -0.25) is 0 Å². The highest BCUT2D eigenvalue weighted by Gasteiger charge is 2.13. The first kappa shape index (κ1) is 20.9. The molecule has 0 aliphatic heterocycles. The lowest BCUT2D eigenvalue weighted by Gasteiger charge is -2.12. The maximum atomic E-state index is 5.32. The quantitative estimate of drug-likeness (QED) is 0.485. The fourth-order valence-electron chi connectivity index (χ4n) is 2.55. The van der Waals surface area contributed by atoms with Gasteiger partial charge in [0.05, 0.1) is 55.1 Å². The van der Waals surface area contributed by atoms with E-state index in [-0.39, 0.29) is 0 Å². The molecule has 2 aromatic rings. The molecule has 2 rings (SSSR count). The predicted octanol–water partition coefficient (Wildman–Crippen LogP) is 3.19. The van der Waals surface area contributed by atoms with Gasteiger partial charge in [0.15, 0.2) is 23.0 Å². The Morgan fingerprint density at radius 1 is 0.500 bits per heavy atom. The summed E-state index contributed by atoms with van der Waals surface area (Å²) in [6.45, 7) is 0. The summed E-state index contributed by atoms with van der Waals surface area (Å²) in [6, 6.07) is 7.11. The van der Waals surface area contributed by atoms with Gasteiger partial charge in [-0.2, -0.15) is 10.2 Å². The van der Waals surface area contributed by atoms with Crippen molar-refractivity contribution in [2.75, 3.05) is 42.7 Å². The second-order valence-corrected chi connectivity index (χ2v) is 5.41. The number of rotatable bonds is 9. The lowest BCUT2D eigenvalue weighted by Crippen LogP contribution is -1.97. The Hall–Kier alpha value is -3.42. The van der Waals surface area contributed by atoms with Crippen LogP contribution in [0.4, 0.5) is 0 Å². The maximum absolute atomic E-state index is 5.32. The molecule has 2 aromatic carbocycles. The summed E-state index contributed by atoms with van der Waals surface area (Å²) in [7, 11) is 9.33. The molecule has 8 heteroatoms. The first-order chi connectivity index (χ1) is 13.6. The first-order valence-electron chi connectivity index (χ1n) is 8.28. The van der Waals surface area contributed by atoms with Crippen LogP contribution in [-0.4, -0.2) is 55.1 Å². The van der Waals surface area contributed by atoms with Crippen LogP contribution in [0.25, 0.3) is 0 Å². The molecule has 0 aliphatic carbocycles. The molecular formula is C20H24N2O6. The number of methoxy groups -OCH3 is 6. The Kier molecular flexibility index (Phi) is 7.50. The fraction of sp³-hybridized carbons (Fsp3) is 0.300. The highest BCUT2D eigenvalue weighted by Crippen LogP contribution is 2.38. The Balaban J connectivity index is 2.26. The van der Waals surface area contributed by atoms with Crippen LogP contribution in [0, 0.1) is 0 Å². The molecule has 0 N–H and O–H groups in total. The van der Waals surface area contributed by atoms with Crippen LogP contribution in [0.3, 0.4) is 0 Å². The van der Waals surface area contributed by atoms with Crippen LogP contribution in [0.5, 0.6) is 34.5 Å². The molecule has 8 nitrogen and oxygen atoms in total. The highest BCUT2D eigenvalue weighted by molar-refractivity contribution is 5.85. The van der Waals surface area contributed by atoms with Gasteiger partial charge in [-0.05, 0) is 24.3 Å². The summed E-state index contributed by atoms with van der Waals surface area (Å²) in [6.07, 6.45) is 3.16. The Morgan fingerprint density at radius 3 is 1.00 bits per heavy atom. The van der Waals surface area contributed by atoms with Gasteiger partial charge in [0.2, 0.25) is 11.5 Å². The van der Waals surface area contributed by atoms with Crippen LogP contribution in [0.15, 0.2) is 34.5 Å². The zero-order chi connectivity index (χ0) is 20.5. The number of nitrogens with zero attached hydrogens (tertiary/aromatic N) is 2. The monoisotopic (exact) mass is 388 g/mol. The molecule has 0 atom stereocenters. The topological polar surface area (TPSA) is 80.1 Å². The molecule has 0 aromatic heterocycles. The third-order valence-corrected chi connectivity index (χ3v) is 3.85. The minimum atomic E-state index is 0.517. The van der Waals surface area contributed by atoms with Crippen molar-refractivity contribution in [3.8, 4) is 34.5 Å². The van der Waals surface area contributed by atoms with Crippen LogP contribution in [0.1, 0.15) is 11.1 Å². The number of hydrogen-bond donors (Lipinski definition) is 0. The summed E-state index contributed by atoms with van der Waals surface area (Å²) < 4.78 is 31.9. The SMILES string of the molecule is COc1cc(/C=N\N=C/c2cc(OC)c(OC)c(OC)c2)cc(OC)c1OC. The second kappa shape index (κ2) is 10.1. The molecular weight excluding hydrogens is 364 g/mol. The first-order valence-corrected chi connectivity index (χ1v) is 8.28. The van der Waals surface area contributed by atoms with Gasteiger partial charge in [-0.15, -0.1) is 0 Å². The Morgan fingerprint density at radius 2 is 0.786 bits per heavy atom. The molecule has 0 radical (unpaired) electrons. The van der Waals surface area contributed by atoms with Crippen LogP contribution >= 0.6 is 0 Å².